The maximum atomic E-state index is 5.27. The Morgan fingerprint density at radius 1 is 1.28 bits per heavy atom. The highest BCUT2D eigenvalue weighted by atomic mass is 79.9. The largest absolute Gasteiger partial charge is 0.496 e. The maximum absolute atomic E-state index is 5.27. The molecule has 0 heterocycles. The first-order valence-electron chi connectivity index (χ1n) is 6.66. The summed E-state index contributed by atoms with van der Waals surface area (Å²) in [6, 6.07) is 6.74. The third-order valence-corrected chi connectivity index (χ3v) is 4.27. The smallest absolute Gasteiger partial charge is 0.133 e. The zero-order valence-electron chi connectivity index (χ0n) is 11.8. The van der Waals surface area contributed by atoms with Gasteiger partial charge in [-0.25, -0.2) is 0 Å². The molecule has 2 nitrogen and oxygen atoms in total. The summed E-state index contributed by atoms with van der Waals surface area (Å²) in [5.74, 6) is 1.67. The van der Waals surface area contributed by atoms with Crippen LogP contribution in [0.4, 0.5) is 0 Å². The summed E-state index contributed by atoms with van der Waals surface area (Å²) < 4.78 is 6.29. The summed E-state index contributed by atoms with van der Waals surface area (Å²) >= 11 is 3.55. The molecule has 0 aliphatic heterocycles. The van der Waals surface area contributed by atoms with Crippen molar-refractivity contribution >= 4 is 15.9 Å². The molecular formula is C15H24BrNO. The van der Waals surface area contributed by atoms with Crippen LogP contribution < -0.4 is 10.1 Å². The SMILES string of the molecule is CCC(CC)CC(NC)c1ccc(OC)c(Br)c1. The van der Waals surface area contributed by atoms with Crippen LogP contribution in [0.15, 0.2) is 22.7 Å². The van der Waals surface area contributed by atoms with Crippen LogP contribution in [-0.4, -0.2) is 14.2 Å². The van der Waals surface area contributed by atoms with Crippen molar-refractivity contribution in [1.29, 1.82) is 0 Å². The zero-order chi connectivity index (χ0) is 13.5. The predicted octanol–water partition coefficient (Wildman–Crippen LogP) is 4.54. The highest BCUT2D eigenvalue weighted by molar-refractivity contribution is 9.10. The number of halogens is 1. The molecule has 1 aromatic carbocycles. The molecule has 1 aromatic rings. The summed E-state index contributed by atoms with van der Waals surface area (Å²) in [6.07, 6.45) is 3.67. The summed E-state index contributed by atoms with van der Waals surface area (Å²) in [5.41, 5.74) is 1.32. The second-order valence-electron chi connectivity index (χ2n) is 4.65. The predicted molar refractivity (Wildman–Crippen MR) is 81.2 cm³/mol. The van der Waals surface area contributed by atoms with Crippen LogP contribution in [0.5, 0.6) is 5.75 Å². The quantitative estimate of drug-likeness (QED) is 0.797. The highest BCUT2D eigenvalue weighted by Crippen LogP contribution is 2.31. The number of methoxy groups -OCH3 is 1. The van der Waals surface area contributed by atoms with Crippen molar-refractivity contribution in [3.63, 3.8) is 0 Å². The van der Waals surface area contributed by atoms with E-state index in [0.29, 0.717) is 6.04 Å². The zero-order valence-corrected chi connectivity index (χ0v) is 13.4. The lowest BCUT2D eigenvalue weighted by atomic mass is 9.91. The van der Waals surface area contributed by atoms with Gasteiger partial charge in [-0.15, -0.1) is 0 Å². The Hall–Kier alpha value is -0.540. The van der Waals surface area contributed by atoms with E-state index in [2.05, 4.69) is 47.2 Å². The van der Waals surface area contributed by atoms with Crippen LogP contribution in [-0.2, 0) is 0 Å². The number of hydrogen-bond donors (Lipinski definition) is 1. The van der Waals surface area contributed by atoms with Gasteiger partial charge in [0.1, 0.15) is 5.75 Å². The van der Waals surface area contributed by atoms with E-state index in [1.807, 2.05) is 13.1 Å². The molecule has 1 N–H and O–H groups in total. The van der Waals surface area contributed by atoms with Crippen molar-refractivity contribution in [2.24, 2.45) is 5.92 Å². The standard InChI is InChI=1S/C15H24BrNO/c1-5-11(6-2)9-14(17-3)12-7-8-15(18-4)13(16)10-12/h7-8,10-11,14,17H,5-6,9H2,1-4H3. The van der Waals surface area contributed by atoms with Crippen molar-refractivity contribution < 1.29 is 4.74 Å². The first kappa shape index (κ1) is 15.5. The minimum atomic E-state index is 0.414. The Balaban J connectivity index is 2.84. The van der Waals surface area contributed by atoms with Gasteiger partial charge < -0.3 is 10.1 Å². The molecule has 1 atom stereocenters. The molecule has 0 aromatic heterocycles. The van der Waals surface area contributed by atoms with Crippen LogP contribution in [0.25, 0.3) is 0 Å². The lowest BCUT2D eigenvalue weighted by Gasteiger charge is -2.22. The second-order valence-corrected chi connectivity index (χ2v) is 5.51. The van der Waals surface area contributed by atoms with E-state index >= 15 is 0 Å². The van der Waals surface area contributed by atoms with Crippen LogP contribution in [0.1, 0.15) is 44.7 Å². The van der Waals surface area contributed by atoms with Gasteiger partial charge in [0.25, 0.3) is 0 Å². The monoisotopic (exact) mass is 313 g/mol. The van der Waals surface area contributed by atoms with E-state index in [4.69, 9.17) is 4.74 Å². The van der Waals surface area contributed by atoms with Crippen molar-refractivity contribution in [3.8, 4) is 5.75 Å². The van der Waals surface area contributed by atoms with Gasteiger partial charge in [0.05, 0.1) is 11.6 Å². The Morgan fingerprint density at radius 3 is 2.39 bits per heavy atom. The lowest BCUT2D eigenvalue weighted by Crippen LogP contribution is -2.19. The Kier molecular flexibility index (Phi) is 6.72. The van der Waals surface area contributed by atoms with Crippen molar-refractivity contribution in [2.75, 3.05) is 14.2 Å². The van der Waals surface area contributed by atoms with Gasteiger partial charge in [-0.1, -0.05) is 32.8 Å². The third kappa shape index (κ3) is 3.99. The molecule has 3 heteroatoms. The first-order chi connectivity index (χ1) is 8.65. The molecule has 0 aliphatic carbocycles. The minimum Gasteiger partial charge on any atom is -0.496 e. The Labute approximate surface area is 119 Å². The van der Waals surface area contributed by atoms with Crippen molar-refractivity contribution in [3.05, 3.63) is 28.2 Å². The topological polar surface area (TPSA) is 21.3 Å². The van der Waals surface area contributed by atoms with Gasteiger partial charge >= 0.3 is 0 Å². The fourth-order valence-electron chi connectivity index (χ4n) is 2.28. The van der Waals surface area contributed by atoms with Crippen LogP contribution >= 0.6 is 15.9 Å². The number of ether oxygens (including phenoxy) is 1. The van der Waals surface area contributed by atoms with Crippen molar-refractivity contribution in [1.82, 2.24) is 5.32 Å². The number of rotatable bonds is 7. The number of hydrogen-bond acceptors (Lipinski definition) is 2. The summed E-state index contributed by atoms with van der Waals surface area (Å²) in [5, 5.41) is 3.42. The van der Waals surface area contributed by atoms with E-state index in [9.17, 15) is 0 Å². The van der Waals surface area contributed by atoms with Gasteiger partial charge in [0, 0.05) is 6.04 Å². The minimum absolute atomic E-state index is 0.414. The van der Waals surface area contributed by atoms with Gasteiger partial charge in [-0.3, -0.25) is 0 Å². The van der Waals surface area contributed by atoms with Crippen LogP contribution in [0.2, 0.25) is 0 Å². The normalized spacial score (nSPS) is 12.8. The molecule has 0 spiro atoms. The molecule has 1 rings (SSSR count). The Morgan fingerprint density at radius 2 is 1.94 bits per heavy atom. The van der Waals surface area contributed by atoms with E-state index < -0.39 is 0 Å². The summed E-state index contributed by atoms with van der Waals surface area (Å²) in [7, 11) is 3.73. The second kappa shape index (κ2) is 7.80. The molecule has 0 aliphatic rings. The maximum Gasteiger partial charge on any atom is 0.133 e. The van der Waals surface area contributed by atoms with Gasteiger partial charge in [0.15, 0.2) is 0 Å². The molecule has 0 bridgehead atoms. The Bertz CT molecular complexity index is 364. The fourth-order valence-corrected chi connectivity index (χ4v) is 2.83. The van der Waals surface area contributed by atoms with E-state index in [0.717, 1.165) is 16.1 Å². The van der Waals surface area contributed by atoms with E-state index in [1.54, 1.807) is 7.11 Å². The van der Waals surface area contributed by atoms with E-state index in [-0.39, 0.29) is 0 Å². The highest BCUT2D eigenvalue weighted by Gasteiger charge is 2.15. The van der Waals surface area contributed by atoms with Gasteiger partial charge in [-0.05, 0) is 53.0 Å². The van der Waals surface area contributed by atoms with Crippen molar-refractivity contribution in [2.45, 2.75) is 39.2 Å². The fraction of sp³-hybridized carbons (Fsp3) is 0.600. The third-order valence-electron chi connectivity index (χ3n) is 3.65. The lowest BCUT2D eigenvalue weighted by molar-refractivity contribution is 0.384. The molecule has 0 saturated heterocycles. The first-order valence-corrected chi connectivity index (χ1v) is 7.46. The molecule has 1 unspecified atom stereocenters. The van der Waals surface area contributed by atoms with Gasteiger partial charge in [-0.2, -0.15) is 0 Å². The average molecular weight is 314 g/mol. The number of nitrogens with one attached hydrogen (secondary N) is 1. The molecule has 102 valence electrons. The molecular weight excluding hydrogens is 290 g/mol. The average Bonchev–Trinajstić information content (AvgIpc) is 2.40. The summed E-state index contributed by atoms with van der Waals surface area (Å²) in [4.78, 5) is 0. The van der Waals surface area contributed by atoms with E-state index in [1.165, 1.54) is 24.8 Å². The molecule has 0 saturated carbocycles. The number of benzene rings is 1. The van der Waals surface area contributed by atoms with Crippen LogP contribution in [0, 0.1) is 5.92 Å². The molecule has 0 amide bonds. The van der Waals surface area contributed by atoms with Gasteiger partial charge in [0.2, 0.25) is 0 Å². The van der Waals surface area contributed by atoms with Crippen LogP contribution in [0.3, 0.4) is 0 Å². The molecule has 0 radical (unpaired) electrons. The molecule has 18 heavy (non-hydrogen) atoms. The molecule has 0 fully saturated rings. The summed E-state index contributed by atoms with van der Waals surface area (Å²) in [6.45, 7) is 4.54.